The van der Waals surface area contributed by atoms with Crippen LogP contribution in [-0.2, 0) is 14.3 Å². The molecule has 0 spiro atoms. The first-order valence-electron chi connectivity index (χ1n) is 5.86. The topological polar surface area (TPSA) is 105 Å². The van der Waals surface area contributed by atoms with Gasteiger partial charge in [-0.1, -0.05) is 6.92 Å². The van der Waals surface area contributed by atoms with Gasteiger partial charge in [0.2, 0.25) is 0 Å². The number of hydrogen-bond acceptors (Lipinski definition) is 4. The fraction of sp³-hybridized carbons (Fsp3) is 0.727. The fourth-order valence-electron chi connectivity index (χ4n) is 1.20. The number of amides is 2. The van der Waals surface area contributed by atoms with E-state index in [-0.39, 0.29) is 13.2 Å². The van der Waals surface area contributed by atoms with Crippen molar-refractivity contribution in [1.82, 2.24) is 10.6 Å². The third kappa shape index (κ3) is 6.07. The van der Waals surface area contributed by atoms with Gasteiger partial charge in [0.1, 0.15) is 6.04 Å². The van der Waals surface area contributed by atoms with Crippen LogP contribution < -0.4 is 10.6 Å². The van der Waals surface area contributed by atoms with Crippen LogP contribution in [0, 0.1) is 5.92 Å². The maximum Gasteiger partial charge on any atom is 0.328 e. The molecule has 7 heteroatoms. The Morgan fingerprint density at radius 2 is 1.89 bits per heavy atom. The van der Waals surface area contributed by atoms with E-state index in [4.69, 9.17) is 9.84 Å². The van der Waals surface area contributed by atoms with Crippen molar-refractivity contribution in [3.63, 3.8) is 0 Å². The summed E-state index contributed by atoms with van der Waals surface area (Å²) < 4.78 is 4.71. The molecular formula is C11H20N2O5. The van der Waals surface area contributed by atoms with Crippen molar-refractivity contribution in [3.8, 4) is 0 Å². The molecule has 0 fully saturated rings. The van der Waals surface area contributed by atoms with Crippen LogP contribution in [0.5, 0.6) is 0 Å². The molecule has 18 heavy (non-hydrogen) atoms. The predicted octanol–water partition coefficient (Wildman–Crippen LogP) is 0.348. The fourth-order valence-corrected chi connectivity index (χ4v) is 1.20. The zero-order chi connectivity index (χ0) is 14.1. The Labute approximate surface area is 106 Å². The molecule has 0 aliphatic carbocycles. The Balaban J connectivity index is 4.04. The number of rotatable bonds is 7. The molecule has 0 saturated carbocycles. The number of hydrogen-bond donors (Lipinski definition) is 3. The van der Waals surface area contributed by atoms with Crippen LogP contribution in [0.3, 0.4) is 0 Å². The number of carbonyl (C=O) groups is 3. The van der Waals surface area contributed by atoms with Gasteiger partial charge >= 0.3 is 18.0 Å². The number of ether oxygens (including phenoxy) is 1. The zero-order valence-electron chi connectivity index (χ0n) is 10.9. The molecule has 2 atom stereocenters. The molecule has 0 aromatic carbocycles. The van der Waals surface area contributed by atoms with E-state index in [1.807, 2.05) is 0 Å². The van der Waals surface area contributed by atoms with Gasteiger partial charge in [0.05, 0.1) is 12.5 Å². The van der Waals surface area contributed by atoms with E-state index in [2.05, 4.69) is 10.6 Å². The summed E-state index contributed by atoms with van der Waals surface area (Å²) in [5, 5.41) is 13.5. The predicted molar refractivity (Wildman–Crippen MR) is 64.0 cm³/mol. The van der Waals surface area contributed by atoms with Crippen LogP contribution in [0.25, 0.3) is 0 Å². The Kier molecular flexibility index (Phi) is 7.50. The number of esters is 1. The normalized spacial score (nSPS) is 13.3. The quantitative estimate of drug-likeness (QED) is 0.573. The van der Waals surface area contributed by atoms with Gasteiger partial charge in [0.15, 0.2) is 0 Å². The van der Waals surface area contributed by atoms with Crippen molar-refractivity contribution in [1.29, 1.82) is 0 Å². The van der Waals surface area contributed by atoms with Gasteiger partial charge in [0.25, 0.3) is 0 Å². The summed E-state index contributed by atoms with van der Waals surface area (Å²) in [5.41, 5.74) is 0. The van der Waals surface area contributed by atoms with E-state index in [9.17, 15) is 14.4 Å². The average Bonchev–Trinajstić information content (AvgIpc) is 2.29. The molecule has 0 saturated heterocycles. The highest BCUT2D eigenvalue weighted by molar-refractivity contribution is 5.83. The molecule has 0 aromatic heterocycles. The van der Waals surface area contributed by atoms with E-state index < -0.39 is 29.9 Å². The Morgan fingerprint density at radius 3 is 2.33 bits per heavy atom. The monoisotopic (exact) mass is 260 g/mol. The maximum atomic E-state index is 11.4. The summed E-state index contributed by atoms with van der Waals surface area (Å²) in [6, 6.07) is -1.36. The zero-order valence-corrected chi connectivity index (χ0v) is 10.9. The highest BCUT2D eigenvalue weighted by Gasteiger charge is 2.19. The van der Waals surface area contributed by atoms with Crippen molar-refractivity contribution in [3.05, 3.63) is 0 Å². The summed E-state index contributed by atoms with van der Waals surface area (Å²) in [4.78, 5) is 33.3. The highest BCUT2D eigenvalue weighted by atomic mass is 16.5. The Bertz CT molecular complexity index is 306. The van der Waals surface area contributed by atoms with Crippen LogP contribution in [0.1, 0.15) is 27.2 Å². The number of carboxylic acids is 1. The Morgan fingerprint density at radius 1 is 1.28 bits per heavy atom. The lowest BCUT2D eigenvalue weighted by Gasteiger charge is -2.15. The van der Waals surface area contributed by atoms with Gasteiger partial charge in [-0.2, -0.15) is 0 Å². The number of aliphatic carboxylic acids is 1. The Hall–Kier alpha value is -1.79. The van der Waals surface area contributed by atoms with Gasteiger partial charge < -0.3 is 20.5 Å². The number of urea groups is 1. The van der Waals surface area contributed by atoms with E-state index in [0.29, 0.717) is 6.42 Å². The highest BCUT2D eigenvalue weighted by Crippen LogP contribution is 2.00. The van der Waals surface area contributed by atoms with Crippen molar-refractivity contribution < 1.29 is 24.2 Å². The first kappa shape index (κ1) is 16.2. The lowest BCUT2D eigenvalue weighted by molar-refractivity contribution is -0.145. The minimum atomic E-state index is -0.962. The molecule has 2 unspecified atom stereocenters. The van der Waals surface area contributed by atoms with E-state index >= 15 is 0 Å². The van der Waals surface area contributed by atoms with Crippen LogP contribution in [-0.4, -0.2) is 42.3 Å². The number of carbonyl (C=O) groups excluding carboxylic acids is 2. The van der Waals surface area contributed by atoms with Crippen LogP contribution in [0.2, 0.25) is 0 Å². The molecule has 0 heterocycles. The number of nitrogens with one attached hydrogen (secondary N) is 2. The molecule has 0 bridgehead atoms. The lowest BCUT2D eigenvalue weighted by atomic mass is 10.1. The minimum Gasteiger partial charge on any atom is -0.481 e. The third-order valence-electron chi connectivity index (χ3n) is 2.34. The van der Waals surface area contributed by atoms with Crippen LogP contribution in [0.15, 0.2) is 0 Å². The van der Waals surface area contributed by atoms with Gasteiger partial charge in [-0.25, -0.2) is 9.59 Å². The molecule has 0 aliphatic rings. The van der Waals surface area contributed by atoms with Crippen molar-refractivity contribution in [2.45, 2.75) is 33.2 Å². The molecule has 3 N–H and O–H groups in total. The summed E-state index contributed by atoms with van der Waals surface area (Å²) in [6.45, 7) is 5.14. The van der Waals surface area contributed by atoms with E-state index in [1.54, 1.807) is 13.8 Å². The van der Waals surface area contributed by atoms with Gasteiger partial charge in [-0.15, -0.1) is 0 Å². The SMILES string of the molecule is CCOC(=O)C(C)NC(=O)NCC(CC)C(=O)O. The first-order chi connectivity index (χ1) is 8.42. The summed E-state index contributed by atoms with van der Waals surface area (Å²) in [5.74, 6) is -2.12. The van der Waals surface area contributed by atoms with Gasteiger partial charge in [-0.3, -0.25) is 4.79 Å². The largest absolute Gasteiger partial charge is 0.481 e. The number of carboxylic acid groups (broad SMARTS) is 1. The third-order valence-corrected chi connectivity index (χ3v) is 2.34. The lowest BCUT2D eigenvalue weighted by Crippen LogP contribution is -2.46. The summed E-state index contributed by atoms with van der Waals surface area (Å²) in [7, 11) is 0. The molecule has 0 aliphatic heterocycles. The van der Waals surface area contributed by atoms with Crippen molar-refractivity contribution >= 4 is 18.0 Å². The summed E-state index contributed by atoms with van der Waals surface area (Å²) >= 11 is 0. The second kappa shape index (κ2) is 8.32. The summed E-state index contributed by atoms with van der Waals surface area (Å²) in [6.07, 6.45) is 0.420. The molecule has 104 valence electrons. The maximum absolute atomic E-state index is 11.4. The van der Waals surface area contributed by atoms with Crippen molar-refractivity contribution in [2.75, 3.05) is 13.2 Å². The van der Waals surface area contributed by atoms with Gasteiger partial charge in [-0.05, 0) is 20.3 Å². The minimum absolute atomic E-state index is 0.0210. The molecule has 2 amide bonds. The van der Waals surface area contributed by atoms with Crippen LogP contribution >= 0.6 is 0 Å². The molecular weight excluding hydrogens is 240 g/mol. The van der Waals surface area contributed by atoms with Crippen molar-refractivity contribution in [2.24, 2.45) is 5.92 Å². The van der Waals surface area contributed by atoms with E-state index in [0.717, 1.165) is 0 Å². The molecule has 0 radical (unpaired) electrons. The van der Waals surface area contributed by atoms with E-state index in [1.165, 1.54) is 6.92 Å². The van der Waals surface area contributed by atoms with Gasteiger partial charge in [0, 0.05) is 6.54 Å². The average molecular weight is 260 g/mol. The molecule has 7 nitrogen and oxygen atoms in total. The molecule has 0 aromatic rings. The smallest absolute Gasteiger partial charge is 0.328 e. The first-order valence-corrected chi connectivity index (χ1v) is 5.86. The standard InChI is InChI=1S/C11H20N2O5/c1-4-8(9(14)15)6-12-11(17)13-7(3)10(16)18-5-2/h7-8H,4-6H2,1-3H3,(H,14,15)(H2,12,13,17). The second-order valence-electron chi connectivity index (χ2n) is 3.77. The second-order valence-corrected chi connectivity index (χ2v) is 3.77. The molecule has 0 rings (SSSR count). The van der Waals surface area contributed by atoms with Crippen LogP contribution in [0.4, 0.5) is 4.79 Å².